The zero-order chi connectivity index (χ0) is 21.4. The van der Waals surface area contributed by atoms with Crippen LogP contribution in [0, 0.1) is 5.41 Å². The van der Waals surface area contributed by atoms with E-state index >= 15 is 0 Å². The molecule has 1 saturated heterocycles. The van der Waals surface area contributed by atoms with Crippen molar-refractivity contribution in [1.82, 2.24) is 9.88 Å². The number of aromatic amines is 1. The third kappa shape index (κ3) is 4.20. The normalized spacial score (nSPS) is 21.7. The maximum atomic E-state index is 13.8. The molecule has 1 unspecified atom stereocenters. The number of H-pyrrole nitrogens is 1. The molecule has 1 fully saturated rings. The number of nitrogens with zero attached hydrogens (tertiary/aromatic N) is 1. The minimum absolute atomic E-state index is 0.108. The molecule has 0 spiro atoms. The molecular weight excluding hydrogens is 376 g/mol. The number of allylic oxidation sites excluding steroid dienone is 4. The lowest BCUT2D eigenvalue weighted by atomic mass is 9.74. The van der Waals surface area contributed by atoms with Gasteiger partial charge in [0.05, 0.1) is 5.41 Å². The molecule has 1 amide bonds. The highest BCUT2D eigenvalue weighted by Gasteiger charge is 2.47. The van der Waals surface area contributed by atoms with Gasteiger partial charge < -0.3 is 14.6 Å². The molecule has 1 aromatic carbocycles. The van der Waals surface area contributed by atoms with Gasteiger partial charge in [-0.2, -0.15) is 0 Å². The summed E-state index contributed by atoms with van der Waals surface area (Å²) in [6, 6.07) is 7.78. The molecule has 0 bridgehead atoms. The van der Waals surface area contributed by atoms with E-state index in [1.807, 2.05) is 51.2 Å². The number of aromatic nitrogens is 1. The number of nitrogens with one attached hydrogen (secondary N) is 1. The van der Waals surface area contributed by atoms with Gasteiger partial charge in [-0.1, -0.05) is 23.8 Å². The van der Waals surface area contributed by atoms with Gasteiger partial charge in [0.2, 0.25) is 0 Å². The second-order valence-electron chi connectivity index (χ2n) is 9.48. The van der Waals surface area contributed by atoms with Crippen molar-refractivity contribution >= 4 is 22.8 Å². The highest BCUT2D eigenvalue weighted by Crippen LogP contribution is 2.41. The average Bonchev–Trinajstić information content (AvgIpc) is 3.34. The van der Waals surface area contributed by atoms with Crippen molar-refractivity contribution in [2.24, 2.45) is 5.41 Å². The number of Topliss-reactive ketones (excluding diaryl/α,β-unsaturated/α-hetero) is 1. The molecule has 2 aromatic rings. The summed E-state index contributed by atoms with van der Waals surface area (Å²) < 4.78 is 5.58. The second kappa shape index (κ2) is 7.78. The molecule has 1 aliphatic heterocycles. The van der Waals surface area contributed by atoms with E-state index in [1.165, 1.54) is 5.57 Å². The van der Waals surface area contributed by atoms with Crippen molar-refractivity contribution in [2.45, 2.75) is 52.1 Å². The molecule has 2 heterocycles. The van der Waals surface area contributed by atoms with Crippen LogP contribution < -0.4 is 0 Å². The maximum Gasteiger partial charge on any atom is 0.410 e. The van der Waals surface area contributed by atoms with E-state index in [-0.39, 0.29) is 11.9 Å². The first-order valence-electron chi connectivity index (χ1n) is 10.7. The lowest BCUT2D eigenvalue weighted by molar-refractivity contribution is 0.0274. The number of ketones is 1. The summed E-state index contributed by atoms with van der Waals surface area (Å²) in [5.74, 6) is 0.108. The van der Waals surface area contributed by atoms with Crippen molar-refractivity contribution in [3.8, 4) is 0 Å². The molecule has 1 aliphatic carbocycles. The Kier molecular flexibility index (Phi) is 5.31. The summed E-state index contributed by atoms with van der Waals surface area (Å²) in [5.41, 5.74) is 1.71. The van der Waals surface area contributed by atoms with E-state index in [2.05, 4.69) is 23.2 Å². The third-order valence-corrected chi connectivity index (χ3v) is 5.92. The zero-order valence-corrected chi connectivity index (χ0v) is 18.0. The molecule has 30 heavy (non-hydrogen) atoms. The highest BCUT2D eigenvalue weighted by atomic mass is 16.6. The Labute approximate surface area is 177 Å². The molecular formula is C25H30N2O3. The number of carbonyl (C=O) groups excluding carboxylic acids is 2. The molecule has 1 N–H and O–H groups in total. The lowest BCUT2D eigenvalue weighted by Crippen LogP contribution is -2.39. The van der Waals surface area contributed by atoms with Crippen LogP contribution in [0.2, 0.25) is 0 Å². The van der Waals surface area contributed by atoms with Gasteiger partial charge in [0.15, 0.2) is 5.78 Å². The molecule has 158 valence electrons. The summed E-state index contributed by atoms with van der Waals surface area (Å²) in [7, 11) is 0. The van der Waals surface area contributed by atoms with Gasteiger partial charge >= 0.3 is 6.09 Å². The van der Waals surface area contributed by atoms with Gasteiger partial charge in [-0.25, -0.2) is 4.79 Å². The summed E-state index contributed by atoms with van der Waals surface area (Å²) in [5, 5.41) is 1.02. The Bertz CT molecular complexity index is 1020. The fourth-order valence-electron chi connectivity index (χ4n) is 4.45. The summed E-state index contributed by atoms with van der Waals surface area (Å²) in [4.78, 5) is 31.4. The molecule has 5 heteroatoms. The second-order valence-corrected chi connectivity index (χ2v) is 9.48. The average molecular weight is 407 g/mol. The van der Waals surface area contributed by atoms with Crippen molar-refractivity contribution in [2.75, 3.05) is 13.1 Å². The molecule has 4 rings (SSSR count). The first-order chi connectivity index (χ1) is 14.3. The topological polar surface area (TPSA) is 62.4 Å². The minimum atomic E-state index is -0.631. The molecule has 0 radical (unpaired) electrons. The number of ether oxygens (including phenoxy) is 1. The number of hydrogen-bond donors (Lipinski definition) is 1. The number of carbonyl (C=O) groups is 2. The monoisotopic (exact) mass is 406 g/mol. The number of fused-ring (bicyclic) bond motifs is 1. The quantitative estimate of drug-likeness (QED) is 0.668. The number of amides is 1. The predicted molar refractivity (Wildman–Crippen MR) is 119 cm³/mol. The summed E-state index contributed by atoms with van der Waals surface area (Å²) in [6.45, 7) is 6.51. The molecule has 5 nitrogen and oxygen atoms in total. The Morgan fingerprint density at radius 3 is 2.77 bits per heavy atom. The van der Waals surface area contributed by atoms with E-state index < -0.39 is 11.0 Å². The Morgan fingerprint density at radius 2 is 2.03 bits per heavy atom. The molecule has 1 aromatic heterocycles. The van der Waals surface area contributed by atoms with E-state index in [0.717, 1.165) is 23.7 Å². The summed E-state index contributed by atoms with van der Waals surface area (Å²) in [6.07, 6.45) is 11.4. The van der Waals surface area contributed by atoms with Crippen molar-refractivity contribution in [3.05, 3.63) is 59.8 Å². The van der Waals surface area contributed by atoms with Crippen molar-refractivity contribution in [3.63, 3.8) is 0 Å². The van der Waals surface area contributed by atoms with Gasteiger partial charge in [0.25, 0.3) is 0 Å². The SMILES string of the molecule is CC(C)(C)OC(=O)N1CCC(CC2=CCCC=C2)(C(=O)c2ccc3[nH]ccc3c2)C1. The van der Waals surface area contributed by atoms with E-state index in [4.69, 9.17) is 4.74 Å². The van der Waals surface area contributed by atoms with Gasteiger partial charge in [-0.05, 0) is 70.7 Å². The van der Waals surface area contributed by atoms with Gasteiger partial charge in [-0.3, -0.25) is 4.79 Å². The van der Waals surface area contributed by atoms with Gasteiger partial charge in [0.1, 0.15) is 5.60 Å². The first kappa shape index (κ1) is 20.5. The maximum absolute atomic E-state index is 13.8. The van der Waals surface area contributed by atoms with Gasteiger partial charge in [-0.15, -0.1) is 0 Å². The number of benzene rings is 1. The van der Waals surface area contributed by atoms with Crippen LogP contribution in [0.3, 0.4) is 0 Å². The lowest BCUT2D eigenvalue weighted by Gasteiger charge is -2.30. The van der Waals surface area contributed by atoms with Crippen molar-refractivity contribution in [1.29, 1.82) is 0 Å². The molecule has 1 atom stereocenters. The first-order valence-corrected chi connectivity index (χ1v) is 10.7. The van der Waals surface area contributed by atoms with E-state index in [9.17, 15) is 9.59 Å². The zero-order valence-electron chi connectivity index (χ0n) is 18.0. The predicted octanol–water partition coefficient (Wildman–Crippen LogP) is 5.64. The largest absolute Gasteiger partial charge is 0.444 e. The van der Waals surface area contributed by atoms with Crippen LogP contribution in [0.25, 0.3) is 10.9 Å². The Balaban J connectivity index is 1.64. The Hall–Kier alpha value is -2.82. The fourth-order valence-corrected chi connectivity index (χ4v) is 4.45. The summed E-state index contributed by atoms with van der Waals surface area (Å²) >= 11 is 0. The smallest absolute Gasteiger partial charge is 0.410 e. The third-order valence-electron chi connectivity index (χ3n) is 5.92. The van der Waals surface area contributed by atoms with Crippen LogP contribution in [-0.4, -0.2) is 40.5 Å². The van der Waals surface area contributed by atoms with Crippen LogP contribution in [-0.2, 0) is 4.74 Å². The Morgan fingerprint density at radius 1 is 1.20 bits per heavy atom. The highest BCUT2D eigenvalue weighted by molar-refractivity contribution is 6.04. The van der Waals surface area contributed by atoms with Crippen LogP contribution in [0.5, 0.6) is 0 Å². The van der Waals surface area contributed by atoms with Crippen LogP contribution in [0.4, 0.5) is 4.79 Å². The fraction of sp³-hybridized carbons (Fsp3) is 0.440. The standard InChI is InChI=1S/C25H30N2O3/c1-24(2,3)30-23(29)27-14-12-25(17-27,16-18-7-5-4-6-8-18)22(28)20-9-10-21-19(15-20)11-13-26-21/h5,7-11,13,15,26H,4,6,12,14,16-17H2,1-3H3. The van der Waals surface area contributed by atoms with Crippen LogP contribution in [0.15, 0.2) is 54.3 Å². The number of likely N-dealkylation sites (tertiary alicyclic amines) is 1. The minimum Gasteiger partial charge on any atom is -0.444 e. The number of hydrogen-bond acceptors (Lipinski definition) is 3. The van der Waals surface area contributed by atoms with Crippen molar-refractivity contribution < 1.29 is 14.3 Å². The van der Waals surface area contributed by atoms with E-state index in [1.54, 1.807) is 4.90 Å². The molecule has 2 aliphatic rings. The molecule has 0 saturated carbocycles. The number of rotatable bonds is 4. The van der Waals surface area contributed by atoms with Crippen LogP contribution >= 0.6 is 0 Å². The van der Waals surface area contributed by atoms with E-state index in [0.29, 0.717) is 31.5 Å². The van der Waals surface area contributed by atoms with Gasteiger partial charge in [0, 0.05) is 35.8 Å². The van der Waals surface area contributed by atoms with Crippen LogP contribution in [0.1, 0.15) is 56.8 Å².